The second kappa shape index (κ2) is 6.10. The molecule has 1 rings (SSSR count). The van der Waals surface area contributed by atoms with Gasteiger partial charge in [-0.05, 0) is 13.5 Å². The highest BCUT2D eigenvalue weighted by atomic mass is 16.4. The lowest BCUT2D eigenvalue weighted by molar-refractivity contribution is -0.130. The maximum atomic E-state index is 11.7. The highest BCUT2D eigenvalue weighted by Crippen LogP contribution is 2.06. The third kappa shape index (κ3) is 3.04. The average Bonchev–Trinajstić information content (AvgIpc) is 2.72. The minimum atomic E-state index is -1.17. The molecule has 0 aliphatic rings. The van der Waals surface area contributed by atoms with Crippen LogP contribution in [0.2, 0.25) is 0 Å². The summed E-state index contributed by atoms with van der Waals surface area (Å²) in [6.07, 6.45) is 0.317. The predicted octanol–water partition coefficient (Wildman–Crippen LogP) is -1.04. The average molecular weight is 255 g/mol. The van der Waals surface area contributed by atoms with Crippen LogP contribution in [0.5, 0.6) is 0 Å². The molecule has 0 aliphatic heterocycles. The zero-order valence-electron chi connectivity index (χ0n) is 10.5. The van der Waals surface area contributed by atoms with E-state index in [2.05, 4.69) is 10.3 Å². The number of carboxylic acids is 1. The Morgan fingerprint density at radius 2 is 2.17 bits per heavy atom. The molecule has 3 N–H and O–H groups in total. The summed E-state index contributed by atoms with van der Waals surface area (Å²) in [5, 5.41) is 16.2. The lowest BCUT2D eigenvalue weighted by Gasteiger charge is -2.14. The first-order chi connectivity index (χ1) is 8.51. The molecular formula is C10H17N5O3. The van der Waals surface area contributed by atoms with Crippen molar-refractivity contribution in [2.45, 2.75) is 19.9 Å². The molecular weight excluding hydrogens is 238 g/mol. The quantitative estimate of drug-likeness (QED) is 0.670. The zero-order valence-corrected chi connectivity index (χ0v) is 10.5. The summed E-state index contributed by atoms with van der Waals surface area (Å²) in [4.78, 5) is 24.2. The molecule has 0 radical (unpaired) electrons. The van der Waals surface area contributed by atoms with E-state index in [4.69, 9.17) is 10.8 Å². The number of likely N-dealkylation sites (N-methyl/N-ethyl adjacent to an activating group) is 1. The number of carbonyl (C=O) groups excluding carboxylic acids is 1. The number of nitrogens with zero attached hydrogens (tertiary/aromatic N) is 4. The van der Waals surface area contributed by atoms with Crippen molar-refractivity contribution in [3.63, 3.8) is 0 Å². The SMILES string of the molecule is CCN(C)C(=O)Cn1nnc(C(=O)O)c1CCN. The second-order valence-electron chi connectivity index (χ2n) is 3.79. The normalized spacial score (nSPS) is 10.4. The summed E-state index contributed by atoms with van der Waals surface area (Å²) in [5.74, 6) is -1.32. The van der Waals surface area contributed by atoms with Gasteiger partial charge < -0.3 is 15.7 Å². The van der Waals surface area contributed by atoms with Crippen LogP contribution in [0.25, 0.3) is 0 Å². The third-order valence-electron chi connectivity index (χ3n) is 2.61. The van der Waals surface area contributed by atoms with E-state index in [1.54, 1.807) is 7.05 Å². The smallest absolute Gasteiger partial charge is 0.358 e. The number of aromatic carboxylic acids is 1. The standard InChI is InChI=1S/C10H17N5O3/c1-3-14(2)8(16)6-15-7(4-5-11)9(10(17)18)12-13-15/h3-6,11H2,1-2H3,(H,17,18). The summed E-state index contributed by atoms with van der Waals surface area (Å²) in [6.45, 7) is 2.67. The van der Waals surface area contributed by atoms with Crippen molar-refractivity contribution in [2.75, 3.05) is 20.1 Å². The Kier molecular flexibility index (Phi) is 4.78. The van der Waals surface area contributed by atoms with Gasteiger partial charge in [0.2, 0.25) is 5.91 Å². The Labute approximate surface area is 104 Å². The van der Waals surface area contributed by atoms with Gasteiger partial charge in [0.15, 0.2) is 5.69 Å². The molecule has 0 fully saturated rings. The van der Waals surface area contributed by atoms with Crippen LogP contribution in [-0.2, 0) is 17.8 Å². The van der Waals surface area contributed by atoms with Gasteiger partial charge in [-0.15, -0.1) is 5.10 Å². The van der Waals surface area contributed by atoms with Crippen LogP contribution in [0, 0.1) is 0 Å². The van der Waals surface area contributed by atoms with E-state index in [1.165, 1.54) is 9.58 Å². The topological polar surface area (TPSA) is 114 Å². The van der Waals surface area contributed by atoms with Crippen molar-refractivity contribution in [1.82, 2.24) is 19.9 Å². The first-order valence-electron chi connectivity index (χ1n) is 5.60. The monoisotopic (exact) mass is 255 g/mol. The molecule has 1 amide bonds. The van der Waals surface area contributed by atoms with Gasteiger partial charge in [-0.2, -0.15) is 0 Å². The van der Waals surface area contributed by atoms with E-state index in [1.807, 2.05) is 6.92 Å². The second-order valence-corrected chi connectivity index (χ2v) is 3.79. The number of aromatic nitrogens is 3. The van der Waals surface area contributed by atoms with Gasteiger partial charge in [-0.1, -0.05) is 5.21 Å². The van der Waals surface area contributed by atoms with Crippen molar-refractivity contribution in [1.29, 1.82) is 0 Å². The van der Waals surface area contributed by atoms with Crippen molar-refractivity contribution in [3.8, 4) is 0 Å². The molecule has 0 spiro atoms. The number of hydrogen-bond donors (Lipinski definition) is 2. The fourth-order valence-corrected chi connectivity index (χ4v) is 1.44. The highest BCUT2D eigenvalue weighted by molar-refractivity contribution is 5.86. The van der Waals surface area contributed by atoms with E-state index < -0.39 is 5.97 Å². The maximum Gasteiger partial charge on any atom is 0.358 e. The van der Waals surface area contributed by atoms with Crippen LogP contribution in [0.4, 0.5) is 0 Å². The van der Waals surface area contributed by atoms with Crippen molar-refractivity contribution in [2.24, 2.45) is 5.73 Å². The van der Waals surface area contributed by atoms with Gasteiger partial charge in [0.1, 0.15) is 6.54 Å². The van der Waals surface area contributed by atoms with Crippen LogP contribution in [0.1, 0.15) is 23.1 Å². The number of amides is 1. The first kappa shape index (κ1) is 14.1. The Bertz CT molecular complexity index is 443. The van der Waals surface area contributed by atoms with E-state index in [0.29, 0.717) is 18.7 Å². The van der Waals surface area contributed by atoms with Gasteiger partial charge >= 0.3 is 5.97 Å². The van der Waals surface area contributed by atoms with Crippen LogP contribution in [-0.4, -0.2) is 57.0 Å². The van der Waals surface area contributed by atoms with E-state index in [0.717, 1.165) is 0 Å². The Balaban J connectivity index is 2.95. The van der Waals surface area contributed by atoms with Crippen molar-refractivity contribution >= 4 is 11.9 Å². The van der Waals surface area contributed by atoms with Gasteiger partial charge in [0.25, 0.3) is 0 Å². The summed E-state index contributed by atoms with van der Waals surface area (Å²) < 4.78 is 1.30. The molecule has 0 saturated carbocycles. The molecule has 1 heterocycles. The third-order valence-corrected chi connectivity index (χ3v) is 2.61. The number of rotatable bonds is 6. The molecule has 1 aromatic heterocycles. The lowest BCUT2D eigenvalue weighted by Crippen LogP contribution is -2.31. The van der Waals surface area contributed by atoms with Gasteiger partial charge in [-0.3, -0.25) is 4.79 Å². The number of carbonyl (C=O) groups is 2. The largest absolute Gasteiger partial charge is 0.476 e. The molecule has 100 valence electrons. The lowest BCUT2D eigenvalue weighted by atomic mass is 10.2. The molecule has 8 heteroatoms. The van der Waals surface area contributed by atoms with Crippen LogP contribution < -0.4 is 5.73 Å². The molecule has 0 saturated heterocycles. The van der Waals surface area contributed by atoms with Gasteiger partial charge in [0, 0.05) is 20.0 Å². The molecule has 8 nitrogen and oxygen atoms in total. The summed E-state index contributed by atoms with van der Waals surface area (Å²) in [5.41, 5.74) is 5.65. The fourth-order valence-electron chi connectivity index (χ4n) is 1.44. The minimum absolute atomic E-state index is 0.0278. The van der Waals surface area contributed by atoms with Gasteiger partial charge in [-0.25, -0.2) is 9.48 Å². The molecule has 0 atom stereocenters. The van der Waals surface area contributed by atoms with E-state index >= 15 is 0 Å². The maximum absolute atomic E-state index is 11.7. The van der Waals surface area contributed by atoms with Crippen molar-refractivity contribution < 1.29 is 14.7 Å². The summed E-state index contributed by atoms with van der Waals surface area (Å²) in [7, 11) is 1.67. The highest BCUT2D eigenvalue weighted by Gasteiger charge is 2.20. The van der Waals surface area contributed by atoms with E-state index in [-0.39, 0.29) is 24.7 Å². The Hall–Kier alpha value is -1.96. The Morgan fingerprint density at radius 3 is 2.67 bits per heavy atom. The number of nitrogens with two attached hydrogens (primary N) is 1. The molecule has 0 unspecified atom stereocenters. The fraction of sp³-hybridized carbons (Fsp3) is 0.600. The first-order valence-corrected chi connectivity index (χ1v) is 5.60. The van der Waals surface area contributed by atoms with Crippen LogP contribution >= 0.6 is 0 Å². The molecule has 0 aliphatic carbocycles. The zero-order chi connectivity index (χ0) is 13.7. The van der Waals surface area contributed by atoms with Gasteiger partial charge in [0.05, 0.1) is 5.69 Å². The molecule has 0 aromatic carbocycles. The summed E-state index contributed by atoms with van der Waals surface area (Å²) in [6, 6.07) is 0. The summed E-state index contributed by atoms with van der Waals surface area (Å²) >= 11 is 0. The number of carboxylic acid groups (broad SMARTS) is 1. The molecule has 0 bridgehead atoms. The van der Waals surface area contributed by atoms with Crippen LogP contribution in [0.3, 0.4) is 0 Å². The molecule has 1 aromatic rings. The minimum Gasteiger partial charge on any atom is -0.476 e. The number of hydrogen-bond acceptors (Lipinski definition) is 5. The van der Waals surface area contributed by atoms with Crippen molar-refractivity contribution in [3.05, 3.63) is 11.4 Å². The Morgan fingerprint density at radius 1 is 1.50 bits per heavy atom. The van der Waals surface area contributed by atoms with E-state index in [9.17, 15) is 9.59 Å². The predicted molar refractivity (Wildman–Crippen MR) is 63.1 cm³/mol. The van der Waals surface area contributed by atoms with Crippen LogP contribution in [0.15, 0.2) is 0 Å². The molecule has 18 heavy (non-hydrogen) atoms.